The van der Waals surface area contributed by atoms with Gasteiger partial charge < -0.3 is 15.4 Å². The van der Waals surface area contributed by atoms with E-state index in [1.54, 1.807) is 6.92 Å². The topological polar surface area (TPSA) is 81.2 Å². The van der Waals surface area contributed by atoms with Crippen LogP contribution >= 0.6 is 11.6 Å². The zero-order valence-electron chi connectivity index (χ0n) is 18.8. The Morgan fingerprint density at radius 2 is 1.97 bits per heavy atom. The molecule has 0 saturated heterocycles. The first-order valence-corrected chi connectivity index (χ1v) is 11.6. The van der Waals surface area contributed by atoms with Crippen LogP contribution in [0.1, 0.15) is 18.1 Å². The van der Waals surface area contributed by atoms with Crippen LogP contribution in [0.25, 0.3) is 22.6 Å². The molecule has 0 unspecified atom stereocenters. The van der Waals surface area contributed by atoms with Crippen LogP contribution in [0.15, 0.2) is 72.9 Å². The average Bonchev–Trinajstić information content (AvgIpc) is 3.35. The summed E-state index contributed by atoms with van der Waals surface area (Å²) in [4.78, 5) is 21.4. The van der Waals surface area contributed by atoms with Gasteiger partial charge >= 0.3 is 5.97 Å². The molecule has 3 aromatic carbocycles. The Kier molecular flexibility index (Phi) is 6.09. The van der Waals surface area contributed by atoms with E-state index in [4.69, 9.17) is 16.6 Å². The smallest absolute Gasteiger partial charge is 0.320 e. The van der Waals surface area contributed by atoms with Gasteiger partial charge in [-0.2, -0.15) is 0 Å². The van der Waals surface area contributed by atoms with Gasteiger partial charge in [-0.25, -0.2) is 4.98 Å². The number of nitrogens with zero attached hydrogens (tertiary/aromatic N) is 2. The Morgan fingerprint density at radius 1 is 1.15 bits per heavy atom. The zero-order chi connectivity index (χ0) is 23.7. The summed E-state index contributed by atoms with van der Waals surface area (Å²) < 4.78 is 0. The van der Waals surface area contributed by atoms with Gasteiger partial charge in [0, 0.05) is 41.8 Å². The molecule has 0 aliphatic carbocycles. The number of H-pyrrole nitrogens is 1. The number of hydrogen-bond donors (Lipinski definition) is 3. The Bertz CT molecular complexity index is 1340. The van der Waals surface area contributed by atoms with Gasteiger partial charge in [0.2, 0.25) is 0 Å². The van der Waals surface area contributed by atoms with Crippen molar-refractivity contribution >= 4 is 28.9 Å². The third-order valence-electron chi connectivity index (χ3n) is 6.35. The van der Waals surface area contributed by atoms with E-state index in [9.17, 15) is 9.90 Å². The fourth-order valence-electron chi connectivity index (χ4n) is 4.39. The van der Waals surface area contributed by atoms with E-state index in [0.29, 0.717) is 23.9 Å². The van der Waals surface area contributed by atoms with E-state index in [2.05, 4.69) is 22.4 Å². The van der Waals surface area contributed by atoms with Gasteiger partial charge in [-0.05, 0) is 48.7 Å². The van der Waals surface area contributed by atoms with E-state index in [0.717, 1.165) is 40.2 Å². The summed E-state index contributed by atoms with van der Waals surface area (Å²) in [7, 11) is 0. The van der Waals surface area contributed by atoms with Crippen LogP contribution in [-0.2, 0) is 17.8 Å². The highest BCUT2D eigenvalue weighted by molar-refractivity contribution is 6.33. The van der Waals surface area contributed by atoms with Gasteiger partial charge in [0.15, 0.2) is 0 Å². The first kappa shape index (κ1) is 22.2. The van der Waals surface area contributed by atoms with Crippen LogP contribution in [0.3, 0.4) is 0 Å². The first-order valence-electron chi connectivity index (χ1n) is 11.2. The molecule has 1 aliphatic heterocycles. The number of nitrogens with one attached hydrogen (secondary N) is 2. The highest BCUT2D eigenvalue weighted by atomic mass is 35.5. The predicted octanol–water partition coefficient (Wildman–Crippen LogP) is 5.97. The minimum absolute atomic E-state index is 0.502. The standard InChI is InChI=1S/C27H25ClN4O2/c1-17(27(33)34)32-13-12-21-19(16-32)8-5-9-24(21)30-20-10-11-23(28)22(14-20)26-29-15-25(31-26)18-6-3-2-4-7-18/h2-11,14-15,17,30H,12-13,16H2,1H3,(H,29,31)(H,33,34)/t17-/m1/s1. The predicted molar refractivity (Wildman–Crippen MR) is 135 cm³/mol. The molecule has 5 rings (SSSR count). The maximum absolute atomic E-state index is 11.4. The van der Waals surface area contributed by atoms with E-state index >= 15 is 0 Å². The maximum Gasteiger partial charge on any atom is 0.320 e. The molecule has 0 saturated carbocycles. The van der Waals surface area contributed by atoms with Crippen molar-refractivity contribution in [3.8, 4) is 22.6 Å². The maximum atomic E-state index is 11.4. The highest BCUT2D eigenvalue weighted by Gasteiger charge is 2.26. The molecular weight excluding hydrogens is 448 g/mol. The van der Waals surface area contributed by atoms with Crippen molar-refractivity contribution in [2.75, 3.05) is 11.9 Å². The molecule has 1 aliphatic rings. The van der Waals surface area contributed by atoms with Crippen LogP contribution in [-0.4, -0.2) is 38.5 Å². The molecule has 34 heavy (non-hydrogen) atoms. The molecule has 7 heteroatoms. The number of fused-ring (bicyclic) bond motifs is 1. The van der Waals surface area contributed by atoms with Gasteiger partial charge in [-0.15, -0.1) is 0 Å². The van der Waals surface area contributed by atoms with Gasteiger partial charge in [-0.1, -0.05) is 54.1 Å². The summed E-state index contributed by atoms with van der Waals surface area (Å²) in [5.74, 6) is -0.0827. The molecular formula is C27H25ClN4O2. The van der Waals surface area contributed by atoms with Crippen molar-refractivity contribution in [2.45, 2.75) is 25.9 Å². The monoisotopic (exact) mass is 472 g/mol. The average molecular weight is 473 g/mol. The van der Waals surface area contributed by atoms with Gasteiger partial charge in [0.25, 0.3) is 0 Å². The minimum atomic E-state index is -0.792. The number of imidazole rings is 1. The highest BCUT2D eigenvalue weighted by Crippen LogP contribution is 2.34. The number of hydrogen-bond acceptors (Lipinski definition) is 4. The third-order valence-corrected chi connectivity index (χ3v) is 6.68. The van der Waals surface area contributed by atoms with Gasteiger partial charge in [-0.3, -0.25) is 9.69 Å². The molecule has 2 heterocycles. The molecule has 0 radical (unpaired) electrons. The minimum Gasteiger partial charge on any atom is -0.480 e. The molecule has 4 aromatic rings. The number of anilines is 2. The number of aromatic nitrogens is 2. The Labute approximate surface area is 203 Å². The van der Waals surface area contributed by atoms with Gasteiger partial charge in [0.05, 0.1) is 10.7 Å². The van der Waals surface area contributed by atoms with Crippen LogP contribution < -0.4 is 5.32 Å². The van der Waals surface area contributed by atoms with Crippen molar-refractivity contribution in [3.05, 3.63) is 89.1 Å². The lowest BCUT2D eigenvalue weighted by atomic mass is 9.96. The summed E-state index contributed by atoms with van der Waals surface area (Å²) in [6.45, 7) is 3.07. The lowest BCUT2D eigenvalue weighted by Crippen LogP contribution is -2.42. The molecule has 0 bridgehead atoms. The van der Waals surface area contributed by atoms with Crippen molar-refractivity contribution < 1.29 is 9.90 Å². The van der Waals surface area contributed by atoms with E-state index < -0.39 is 12.0 Å². The van der Waals surface area contributed by atoms with Crippen LogP contribution in [0.2, 0.25) is 5.02 Å². The van der Waals surface area contributed by atoms with E-state index in [1.165, 1.54) is 5.56 Å². The fraction of sp³-hybridized carbons (Fsp3) is 0.185. The summed E-state index contributed by atoms with van der Waals surface area (Å²) >= 11 is 6.53. The Balaban J connectivity index is 1.40. The molecule has 1 aromatic heterocycles. The normalized spacial score (nSPS) is 14.4. The van der Waals surface area contributed by atoms with Crippen molar-refractivity contribution in [1.82, 2.24) is 14.9 Å². The SMILES string of the molecule is C[C@H](C(=O)O)N1CCc2c(cccc2Nc2ccc(Cl)c(-c3nc(-c4ccccc4)c[nH]3)c2)C1. The number of carbonyl (C=O) groups is 1. The number of benzene rings is 3. The van der Waals surface area contributed by atoms with Crippen molar-refractivity contribution in [2.24, 2.45) is 0 Å². The molecule has 172 valence electrons. The van der Waals surface area contributed by atoms with Crippen LogP contribution in [0.5, 0.6) is 0 Å². The number of carboxylic acid groups (broad SMARTS) is 1. The summed E-state index contributed by atoms with van der Waals surface area (Å²) in [6, 6.07) is 21.5. The number of aromatic amines is 1. The largest absolute Gasteiger partial charge is 0.480 e. The number of aliphatic carboxylic acids is 1. The van der Waals surface area contributed by atoms with E-state index in [-0.39, 0.29) is 0 Å². The Hall–Kier alpha value is -3.61. The van der Waals surface area contributed by atoms with Crippen LogP contribution in [0.4, 0.5) is 11.4 Å². The molecule has 1 atom stereocenters. The van der Waals surface area contributed by atoms with Crippen LogP contribution in [0, 0.1) is 0 Å². The van der Waals surface area contributed by atoms with Gasteiger partial charge in [0.1, 0.15) is 11.9 Å². The second kappa shape index (κ2) is 9.33. The molecule has 6 nitrogen and oxygen atoms in total. The second-order valence-corrected chi connectivity index (χ2v) is 8.91. The Morgan fingerprint density at radius 3 is 2.76 bits per heavy atom. The van der Waals surface area contributed by atoms with Crippen molar-refractivity contribution in [3.63, 3.8) is 0 Å². The molecule has 0 amide bonds. The van der Waals surface area contributed by atoms with E-state index in [1.807, 2.05) is 65.7 Å². The second-order valence-electron chi connectivity index (χ2n) is 8.50. The quantitative estimate of drug-likeness (QED) is 0.322. The lowest BCUT2D eigenvalue weighted by molar-refractivity contribution is -0.143. The summed E-state index contributed by atoms with van der Waals surface area (Å²) in [5.41, 5.74) is 7.03. The summed E-state index contributed by atoms with van der Waals surface area (Å²) in [5, 5.41) is 13.5. The lowest BCUT2D eigenvalue weighted by Gasteiger charge is -2.32. The van der Waals surface area contributed by atoms with Crippen molar-refractivity contribution in [1.29, 1.82) is 0 Å². The number of rotatable bonds is 6. The third kappa shape index (κ3) is 4.42. The molecule has 3 N–H and O–H groups in total. The number of halogens is 1. The molecule has 0 spiro atoms. The number of carboxylic acids is 1. The molecule has 0 fully saturated rings. The first-order chi connectivity index (χ1) is 16.5. The fourth-order valence-corrected chi connectivity index (χ4v) is 4.60. The zero-order valence-corrected chi connectivity index (χ0v) is 19.5. The summed E-state index contributed by atoms with van der Waals surface area (Å²) in [6.07, 6.45) is 2.67.